The van der Waals surface area contributed by atoms with E-state index in [9.17, 15) is 4.79 Å². The summed E-state index contributed by atoms with van der Waals surface area (Å²) < 4.78 is -0.507. The van der Waals surface area contributed by atoms with Gasteiger partial charge in [-0.1, -0.05) is 92.2 Å². The van der Waals surface area contributed by atoms with Crippen LogP contribution in [0.15, 0.2) is 0 Å². The van der Waals surface area contributed by atoms with E-state index in [1.807, 2.05) is 0 Å². The summed E-state index contributed by atoms with van der Waals surface area (Å²) in [4.78, 5) is 13.9. The van der Waals surface area contributed by atoms with Crippen LogP contribution in [0.2, 0.25) is 0 Å². The molecule has 3 heteroatoms. The molecule has 0 heterocycles. The molecule has 4 fully saturated rings. The van der Waals surface area contributed by atoms with E-state index in [1.54, 1.807) is 0 Å². The number of halogens is 2. The smallest absolute Gasteiger partial charge is 0.164 e. The summed E-state index contributed by atoms with van der Waals surface area (Å²) >= 11 is 8.04. The van der Waals surface area contributed by atoms with Crippen LogP contribution in [-0.2, 0) is 4.79 Å². The van der Waals surface area contributed by atoms with Crippen molar-refractivity contribution in [2.45, 2.75) is 108 Å². The number of rotatable bonds is 5. The first-order valence-electron chi connectivity index (χ1n) is 13.0. The van der Waals surface area contributed by atoms with Gasteiger partial charge in [0.2, 0.25) is 0 Å². The summed E-state index contributed by atoms with van der Waals surface area (Å²) in [6.45, 7) is 12.1. The SMILES string of the molecule is CC(C)CCC[C@@H](C)[C@H]1C(=O)C(Br)(Br)[C@H]2[C@@H]3CCC4CCCC[C@]4(C)[C@H]3CC[C@]12C. The van der Waals surface area contributed by atoms with Crippen molar-refractivity contribution >= 4 is 37.6 Å². The second-order valence-electron chi connectivity index (χ2n) is 12.6. The molecule has 4 saturated carbocycles. The highest BCUT2D eigenvalue weighted by Gasteiger charge is 2.70. The zero-order valence-corrected chi connectivity index (χ0v) is 23.2. The predicted molar refractivity (Wildman–Crippen MR) is 134 cm³/mol. The molecule has 8 atom stereocenters. The molecule has 0 aromatic heterocycles. The second-order valence-corrected chi connectivity index (χ2v) is 16.2. The molecule has 0 amide bonds. The molecule has 30 heavy (non-hydrogen) atoms. The molecule has 172 valence electrons. The zero-order chi connectivity index (χ0) is 21.9. The van der Waals surface area contributed by atoms with Gasteiger partial charge in [0.05, 0.1) is 0 Å². The third-order valence-corrected chi connectivity index (χ3v) is 12.3. The van der Waals surface area contributed by atoms with Gasteiger partial charge in [0, 0.05) is 11.8 Å². The predicted octanol–water partition coefficient (Wildman–Crippen LogP) is 8.77. The maximum Gasteiger partial charge on any atom is 0.164 e. The summed E-state index contributed by atoms with van der Waals surface area (Å²) in [5.41, 5.74) is 0.656. The topological polar surface area (TPSA) is 17.1 Å². The van der Waals surface area contributed by atoms with Gasteiger partial charge in [-0.05, 0) is 85.4 Å². The Bertz CT molecular complexity index is 657. The van der Waals surface area contributed by atoms with Crippen molar-refractivity contribution in [2.24, 2.45) is 52.3 Å². The Balaban J connectivity index is 1.61. The van der Waals surface area contributed by atoms with Gasteiger partial charge in [0.1, 0.15) is 3.23 Å². The molecule has 4 rings (SSSR count). The Morgan fingerprint density at radius 1 is 0.933 bits per heavy atom. The van der Waals surface area contributed by atoms with Crippen molar-refractivity contribution in [3.63, 3.8) is 0 Å². The van der Waals surface area contributed by atoms with E-state index in [0.717, 1.165) is 17.8 Å². The van der Waals surface area contributed by atoms with Crippen molar-refractivity contribution in [3.05, 3.63) is 0 Å². The number of ketones is 1. The van der Waals surface area contributed by atoms with Crippen LogP contribution >= 0.6 is 31.9 Å². The minimum atomic E-state index is -0.507. The molecule has 0 spiro atoms. The lowest BCUT2D eigenvalue weighted by atomic mass is 9.44. The van der Waals surface area contributed by atoms with Gasteiger partial charge in [0.15, 0.2) is 5.78 Å². The van der Waals surface area contributed by atoms with E-state index >= 15 is 0 Å². The fraction of sp³-hybridized carbons (Fsp3) is 0.963. The van der Waals surface area contributed by atoms with Gasteiger partial charge in [-0.15, -0.1) is 0 Å². The lowest BCUT2D eigenvalue weighted by Crippen LogP contribution is -2.55. The van der Waals surface area contributed by atoms with E-state index in [4.69, 9.17) is 0 Å². The van der Waals surface area contributed by atoms with Crippen molar-refractivity contribution in [1.29, 1.82) is 0 Å². The molecule has 0 N–H and O–H groups in total. The quantitative estimate of drug-likeness (QED) is 0.316. The lowest BCUT2D eigenvalue weighted by molar-refractivity contribution is -0.126. The Kier molecular flexibility index (Phi) is 6.69. The summed E-state index contributed by atoms with van der Waals surface area (Å²) in [5, 5.41) is 0. The highest BCUT2D eigenvalue weighted by atomic mass is 79.9. The largest absolute Gasteiger partial charge is 0.297 e. The Morgan fingerprint density at radius 2 is 1.67 bits per heavy atom. The Hall–Kier alpha value is 0.630. The number of hydrogen-bond acceptors (Lipinski definition) is 1. The van der Waals surface area contributed by atoms with E-state index in [0.29, 0.717) is 29.0 Å². The monoisotopic (exact) mass is 542 g/mol. The molecule has 0 radical (unpaired) electrons. The molecule has 0 aliphatic heterocycles. The maximum atomic E-state index is 13.9. The molecule has 0 aromatic rings. The molecule has 0 bridgehead atoms. The maximum absolute atomic E-state index is 13.9. The first-order chi connectivity index (χ1) is 14.0. The Labute approximate surface area is 202 Å². The fourth-order valence-electron chi connectivity index (χ4n) is 9.15. The van der Waals surface area contributed by atoms with Crippen LogP contribution in [0, 0.1) is 52.3 Å². The van der Waals surface area contributed by atoms with E-state index in [-0.39, 0.29) is 11.3 Å². The van der Waals surface area contributed by atoms with Crippen LogP contribution in [0.5, 0.6) is 0 Å². The number of carbonyl (C=O) groups excluding carboxylic acids is 1. The van der Waals surface area contributed by atoms with Crippen LogP contribution in [0.25, 0.3) is 0 Å². The van der Waals surface area contributed by atoms with E-state index in [1.165, 1.54) is 70.6 Å². The van der Waals surface area contributed by atoms with Crippen LogP contribution in [0.3, 0.4) is 0 Å². The molecule has 1 unspecified atom stereocenters. The average molecular weight is 544 g/mol. The number of fused-ring (bicyclic) bond motifs is 5. The van der Waals surface area contributed by atoms with Gasteiger partial charge < -0.3 is 0 Å². The number of hydrogen-bond donors (Lipinski definition) is 0. The molecule has 1 nitrogen and oxygen atoms in total. The summed E-state index contributed by atoms with van der Waals surface area (Å²) in [6, 6.07) is 0. The average Bonchev–Trinajstić information content (AvgIpc) is 2.82. The summed E-state index contributed by atoms with van der Waals surface area (Å²) in [5.74, 6) is 4.78. The second kappa shape index (κ2) is 8.44. The van der Waals surface area contributed by atoms with Gasteiger partial charge in [0.25, 0.3) is 0 Å². The number of Topliss-reactive ketones (excluding diaryl/α,β-unsaturated/α-hetero) is 1. The third kappa shape index (κ3) is 3.63. The first-order valence-corrected chi connectivity index (χ1v) is 14.5. The molecular formula is C27H44Br2O. The van der Waals surface area contributed by atoms with Crippen LogP contribution in [0.1, 0.15) is 105 Å². The third-order valence-electron chi connectivity index (χ3n) is 10.5. The fourth-order valence-corrected chi connectivity index (χ4v) is 11.4. The standard InChI is InChI=1S/C27H44Br2O/c1-17(2)9-8-10-18(3)22-24(30)27(28,29)23-20-13-12-19-11-6-7-15-25(19,4)21(20)14-16-26(22,23)5/h17-23H,6-16H2,1-5H3/t18-,19?,20-,21+,22+,23+,25+,26-/m1/s1. The number of alkyl halides is 2. The minimum Gasteiger partial charge on any atom is -0.297 e. The number of carbonyl (C=O) groups is 1. The van der Waals surface area contributed by atoms with Crippen LogP contribution < -0.4 is 0 Å². The minimum absolute atomic E-state index is 0.139. The molecule has 0 saturated heterocycles. The van der Waals surface area contributed by atoms with E-state index in [2.05, 4.69) is 66.5 Å². The van der Waals surface area contributed by atoms with Gasteiger partial charge in [-0.3, -0.25) is 4.79 Å². The lowest BCUT2D eigenvalue weighted by Gasteiger charge is -2.61. The molecular weight excluding hydrogens is 500 g/mol. The zero-order valence-electron chi connectivity index (χ0n) is 20.0. The van der Waals surface area contributed by atoms with Gasteiger partial charge in [-0.2, -0.15) is 0 Å². The highest BCUT2D eigenvalue weighted by molar-refractivity contribution is 9.26. The first kappa shape index (κ1) is 23.8. The molecule has 4 aliphatic carbocycles. The van der Waals surface area contributed by atoms with Crippen LogP contribution in [0.4, 0.5) is 0 Å². The van der Waals surface area contributed by atoms with Gasteiger partial charge >= 0.3 is 0 Å². The van der Waals surface area contributed by atoms with Crippen molar-refractivity contribution in [3.8, 4) is 0 Å². The summed E-state index contributed by atoms with van der Waals surface area (Å²) in [6.07, 6.45) is 14.8. The highest BCUT2D eigenvalue weighted by Crippen LogP contribution is 2.72. The molecule has 4 aliphatic rings. The van der Waals surface area contributed by atoms with E-state index < -0.39 is 3.23 Å². The molecule has 0 aromatic carbocycles. The normalized spacial score (nSPS) is 46.3. The van der Waals surface area contributed by atoms with Crippen molar-refractivity contribution < 1.29 is 4.79 Å². The van der Waals surface area contributed by atoms with Crippen LogP contribution in [-0.4, -0.2) is 9.02 Å². The Morgan fingerprint density at radius 3 is 2.37 bits per heavy atom. The van der Waals surface area contributed by atoms with Gasteiger partial charge in [-0.25, -0.2) is 0 Å². The summed E-state index contributed by atoms with van der Waals surface area (Å²) in [7, 11) is 0. The van der Waals surface area contributed by atoms with Crippen molar-refractivity contribution in [2.75, 3.05) is 0 Å². The van der Waals surface area contributed by atoms with Crippen molar-refractivity contribution in [1.82, 2.24) is 0 Å².